The molecular formula is C23H23N3. The van der Waals surface area contributed by atoms with Crippen LogP contribution in [0.15, 0.2) is 71.5 Å². The summed E-state index contributed by atoms with van der Waals surface area (Å²) >= 11 is 0. The minimum Gasteiger partial charge on any atom is -0.260 e. The van der Waals surface area contributed by atoms with Crippen LogP contribution in [0.3, 0.4) is 0 Å². The van der Waals surface area contributed by atoms with Gasteiger partial charge in [-0.2, -0.15) is 10.2 Å². The smallest absolute Gasteiger partial charge is 0.0881 e. The number of hydrogen-bond donors (Lipinski definition) is 0. The van der Waals surface area contributed by atoms with Crippen LogP contribution in [0.5, 0.6) is 0 Å². The molecule has 1 aromatic heterocycles. The second kappa shape index (κ2) is 7.44. The van der Waals surface area contributed by atoms with E-state index in [0.717, 1.165) is 39.2 Å². The maximum atomic E-state index is 4.62. The van der Waals surface area contributed by atoms with Crippen LogP contribution in [0.25, 0.3) is 16.7 Å². The Bertz CT molecular complexity index is 1000. The molecule has 26 heavy (non-hydrogen) atoms. The van der Waals surface area contributed by atoms with Crippen molar-refractivity contribution in [3.63, 3.8) is 0 Å². The molecule has 1 heterocycles. The Balaban J connectivity index is 2.04. The standard InChI is InChI=1S/C23H23N3/c1-15-8-6-7-9-21(15)20-13-22(18(4)25-14-20)17(3)19-10-11-23(26-24-5)16(2)12-19/h6-14H,3H2,1-2,4-5H3. The predicted molar refractivity (Wildman–Crippen MR) is 109 cm³/mol. The average Bonchev–Trinajstić information content (AvgIpc) is 2.64. The normalized spacial score (nSPS) is 11.1. The first kappa shape index (κ1) is 17.7. The van der Waals surface area contributed by atoms with E-state index in [-0.39, 0.29) is 0 Å². The maximum Gasteiger partial charge on any atom is 0.0881 e. The van der Waals surface area contributed by atoms with Gasteiger partial charge in [0.05, 0.1) is 5.69 Å². The average molecular weight is 341 g/mol. The Morgan fingerprint density at radius 2 is 1.73 bits per heavy atom. The molecule has 3 heteroatoms. The van der Waals surface area contributed by atoms with Gasteiger partial charge in [-0.15, -0.1) is 0 Å². The summed E-state index contributed by atoms with van der Waals surface area (Å²) in [4.78, 5) is 4.62. The molecule has 3 rings (SSSR count). The minimum atomic E-state index is 0.882. The van der Waals surface area contributed by atoms with Gasteiger partial charge in [0.25, 0.3) is 0 Å². The van der Waals surface area contributed by atoms with Gasteiger partial charge in [0.1, 0.15) is 0 Å². The SMILES string of the molecule is C=C(c1ccc(N=NC)c(C)c1)c1cc(-c2ccccc2C)cnc1C. The molecule has 0 saturated heterocycles. The van der Waals surface area contributed by atoms with Crippen LogP contribution in [0.4, 0.5) is 5.69 Å². The van der Waals surface area contributed by atoms with Gasteiger partial charge >= 0.3 is 0 Å². The minimum absolute atomic E-state index is 0.882. The van der Waals surface area contributed by atoms with Crippen molar-refractivity contribution >= 4 is 11.3 Å². The molecule has 0 radical (unpaired) electrons. The number of aromatic nitrogens is 1. The number of azo groups is 1. The van der Waals surface area contributed by atoms with Crippen molar-refractivity contribution in [2.24, 2.45) is 10.2 Å². The van der Waals surface area contributed by atoms with E-state index in [4.69, 9.17) is 0 Å². The van der Waals surface area contributed by atoms with E-state index in [1.165, 1.54) is 11.1 Å². The molecule has 3 nitrogen and oxygen atoms in total. The van der Waals surface area contributed by atoms with E-state index in [0.29, 0.717) is 0 Å². The highest BCUT2D eigenvalue weighted by atomic mass is 15.1. The summed E-state index contributed by atoms with van der Waals surface area (Å²) in [5, 5.41) is 8.00. The Labute approximate surface area is 155 Å². The zero-order valence-corrected chi connectivity index (χ0v) is 15.7. The van der Waals surface area contributed by atoms with E-state index < -0.39 is 0 Å². The topological polar surface area (TPSA) is 37.6 Å². The summed E-state index contributed by atoms with van der Waals surface area (Å²) in [5.74, 6) is 0. The fourth-order valence-electron chi connectivity index (χ4n) is 3.10. The van der Waals surface area contributed by atoms with E-state index >= 15 is 0 Å². The fraction of sp³-hybridized carbons (Fsp3) is 0.174. The monoisotopic (exact) mass is 341 g/mol. The molecule has 0 amide bonds. The van der Waals surface area contributed by atoms with Gasteiger partial charge in [-0.25, -0.2) is 0 Å². The molecule has 0 unspecified atom stereocenters. The molecule has 2 aromatic carbocycles. The van der Waals surface area contributed by atoms with E-state index in [2.05, 4.69) is 65.1 Å². The van der Waals surface area contributed by atoms with Gasteiger partial charge in [-0.1, -0.05) is 36.9 Å². The van der Waals surface area contributed by atoms with E-state index in [9.17, 15) is 0 Å². The van der Waals surface area contributed by atoms with Crippen LogP contribution in [0, 0.1) is 20.8 Å². The van der Waals surface area contributed by atoms with Crippen LogP contribution in [0.1, 0.15) is 27.9 Å². The molecule has 0 fully saturated rings. The van der Waals surface area contributed by atoms with Gasteiger partial charge in [-0.05, 0) is 66.8 Å². The van der Waals surface area contributed by atoms with Crippen molar-refractivity contribution in [3.8, 4) is 11.1 Å². The maximum absolute atomic E-state index is 4.62. The highest BCUT2D eigenvalue weighted by Crippen LogP contribution is 2.31. The first-order valence-electron chi connectivity index (χ1n) is 8.64. The first-order valence-corrected chi connectivity index (χ1v) is 8.64. The van der Waals surface area contributed by atoms with Crippen LogP contribution in [-0.2, 0) is 0 Å². The van der Waals surface area contributed by atoms with Crippen molar-refractivity contribution in [1.82, 2.24) is 4.98 Å². The summed E-state index contributed by atoms with van der Waals surface area (Å²) in [7, 11) is 1.68. The molecule has 0 aliphatic carbocycles. The van der Waals surface area contributed by atoms with Gasteiger partial charge in [0, 0.05) is 30.1 Å². The molecule has 130 valence electrons. The summed E-state index contributed by atoms with van der Waals surface area (Å²) < 4.78 is 0. The lowest BCUT2D eigenvalue weighted by Gasteiger charge is -2.13. The largest absolute Gasteiger partial charge is 0.260 e. The molecule has 0 aliphatic rings. The van der Waals surface area contributed by atoms with Crippen LogP contribution in [-0.4, -0.2) is 12.0 Å². The van der Waals surface area contributed by atoms with Gasteiger partial charge in [-0.3, -0.25) is 4.98 Å². The summed E-state index contributed by atoms with van der Waals surface area (Å²) in [6.45, 7) is 10.5. The number of benzene rings is 2. The third kappa shape index (κ3) is 3.47. The highest BCUT2D eigenvalue weighted by Gasteiger charge is 2.11. The number of hydrogen-bond acceptors (Lipinski definition) is 3. The molecule has 0 aliphatic heterocycles. The van der Waals surface area contributed by atoms with Crippen molar-refractivity contribution in [3.05, 3.63) is 89.3 Å². The molecule has 0 saturated carbocycles. The van der Waals surface area contributed by atoms with Crippen molar-refractivity contribution < 1.29 is 0 Å². The number of pyridine rings is 1. The summed E-state index contributed by atoms with van der Waals surface area (Å²) in [6.07, 6.45) is 1.93. The van der Waals surface area contributed by atoms with E-state index in [1.54, 1.807) is 7.05 Å². The number of aryl methyl sites for hydroxylation is 3. The van der Waals surface area contributed by atoms with Crippen molar-refractivity contribution in [2.45, 2.75) is 20.8 Å². The Hall–Kier alpha value is -3.07. The Kier molecular flexibility index (Phi) is 5.08. The summed E-state index contributed by atoms with van der Waals surface area (Å²) in [5.41, 5.74) is 9.58. The van der Waals surface area contributed by atoms with Crippen LogP contribution in [0.2, 0.25) is 0 Å². The van der Waals surface area contributed by atoms with Crippen molar-refractivity contribution in [1.29, 1.82) is 0 Å². The second-order valence-electron chi connectivity index (χ2n) is 6.45. The lowest BCUT2D eigenvalue weighted by Crippen LogP contribution is -1.96. The third-order valence-corrected chi connectivity index (χ3v) is 4.62. The lowest BCUT2D eigenvalue weighted by molar-refractivity contribution is 1.15. The number of rotatable bonds is 4. The van der Waals surface area contributed by atoms with Gasteiger partial charge < -0.3 is 0 Å². The molecule has 3 aromatic rings. The van der Waals surface area contributed by atoms with Crippen LogP contribution < -0.4 is 0 Å². The number of nitrogens with zero attached hydrogens (tertiary/aromatic N) is 3. The molecule has 0 atom stereocenters. The zero-order valence-electron chi connectivity index (χ0n) is 15.7. The van der Waals surface area contributed by atoms with Gasteiger partial charge in [0.2, 0.25) is 0 Å². The van der Waals surface area contributed by atoms with Crippen LogP contribution >= 0.6 is 0 Å². The lowest BCUT2D eigenvalue weighted by atomic mass is 9.93. The zero-order chi connectivity index (χ0) is 18.7. The van der Waals surface area contributed by atoms with E-state index in [1.807, 2.05) is 32.2 Å². The molecule has 0 bridgehead atoms. The first-order chi connectivity index (χ1) is 12.5. The summed E-state index contributed by atoms with van der Waals surface area (Å²) in [6, 6.07) is 16.7. The molecule has 0 spiro atoms. The van der Waals surface area contributed by atoms with Crippen molar-refractivity contribution in [2.75, 3.05) is 7.05 Å². The fourth-order valence-corrected chi connectivity index (χ4v) is 3.10. The Morgan fingerprint density at radius 3 is 2.42 bits per heavy atom. The third-order valence-electron chi connectivity index (χ3n) is 4.62. The molecular weight excluding hydrogens is 318 g/mol. The second-order valence-corrected chi connectivity index (χ2v) is 6.45. The predicted octanol–water partition coefficient (Wildman–Crippen LogP) is 6.45. The van der Waals surface area contributed by atoms with Gasteiger partial charge in [0.15, 0.2) is 0 Å². The highest BCUT2D eigenvalue weighted by molar-refractivity contribution is 5.82. The quantitative estimate of drug-likeness (QED) is 0.502. The molecule has 0 N–H and O–H groups in total. The Morgan fingerprint density at radius 1 is 0.962 bits per heavy atom.